The molecule has 1 spiro atoms. The number of hydrogen-bond acceptors (Lipinski definition) is 2. The minimum atomic E-state index is -1.39. The lowest BCUT2D eigenvalue weighted by molar-refractivity contribution is 0.425. The fraction of sp³-hybridized carbons (Fsp3) is 0.294. The van der Waals surface area contributed by atoms with Gasteiger partial charge in [0.15, 0.2) is 0 Å². The molecule has 0 bridgehead atoms. The van der Waals surface area contributed by atoms with Crippen molar-refractivity contribution in [2.24, 2.45) is 0 Å². The average Bonchev–Trinajstić information content (AvgIpc) is 3.06. The number of rotatable bonds is 1. The second-order valence-corrected chi connectivity index (χ2v) is 6.01. The van der Waals surface area contributed by atoms with Crippen molar-refractivity contribution in [2.75, 3.05) is 0 Å². The molecule has 0 aromatic heterocycles. The SMILES string of the molecule is OB(O)c1ccc2c(c1)C1(CCCC1)c1ccccc1-2. The van der Waals surface area contributed by atoms with Gasteiger partial charge in [0, 0.05) is 5.41 Å². The maximum absolute atomic E-state index is 9.46. The van der Waals surface area contributed by atoms with E-state index >= 15 is 0 Å². The zero-order valence-corrected chi connectivity index (χ0v) is 11.3. The van der Waals surface area contributed by atoms with E-state index in [-0.39, 0.29) is 5.41 Å². The van der Waals surface area contributed by atoms with Gasteiger partial charge in [0.25, 0.3) is 0 Å². The summed E-state index contributed by atoms with van der Waals surface area (Å²) in [6, 6.07) is 14.5. The standard InChI is InChI=1S/C17H17BO2/c19-18(20)12-7-8-14-13-5-1-2-6-15(13)17(16(14)11-12)9-3-4-10-17/h1-2,5-8,11,19-20H,3-4,9-10H2. The molecule has 0 unspecified atom stereocenters. The van der Waals surface area contributed by atoms with Crippen LogP contribution in [-0.2, 0) is 5.41 Å². The van der Waals surface area contributed by atoms with Crippen molar-refractivity contribution in [2.45, 2.75) is 31.1 Å². The van der Waals surface area contributed by atoms with Gasteiger partial charge in [-0.3, -0.25) is 0 Å². The van der Waals surface area contributed by atoms with Gasteiger partial charge in [-0.25, -0.2) is 0 Å². The molecule has 2 aliphatic rings. The summed E-state index contributed by atoms with van der Waals surface area (Å²) in [5.74, 6) is 0. The van der Waals surface area contributed by atoms with Gasteiger partial charge in [-0.2, -0.15) is 0 Å². The Labute approximate surface area is 119 Å². The Morgan fingerprint density at radius 3 is 2.30 bits per heavy atom. The van der Waals surface area contributed by atoms with Gasteiger partial charge in [0.05, 0.1) is 0 Å². The topological polar surface area (TPSA) is 40.5 Å². The second-order valence-electron chi connectivity index (χ2n) is 6.01. The summed E-state index contributed by atoms with van der Waals surface area (Å²) < 4.78 is 0. The molecule has 0 radical (unpaired) electrons. The zero-order valence-electron chi connectivity index (χ0n) is 11.3. The van der Waals surface area contributed by atoms with E-state index in [9.17, 15) is 10.0 Å². The van der Waals surface area contributed by atoms with Crippen molar-refractivity contribution in [1.29, 1.82) is 0 Å². The Kier molecular flexibility index (Phi) is 2.56. The first-order valence-electron chi connectivity index (χ1n) is 7.33. The molecule has 0 heterocycles. The van der Waals surface area contributed by atoms with Gasteiger partial charge in [0.1, 0.15) is 0 Å². The van der Waals surface area contributed by atoms with Gasteiger partial charge in [-0.05, 0) is 40.6 Å². The van der Waals surface area contributed by atoms with Crippen LogP contribution in [0.15, 0.2) is 42.5 Å². The summed E-state index contributed by atoms with van der Waals surface area (Å²) in [5, 5.41) is 18.9. The first kappa shape index (κ1) is 12.2. The fourth-order valence-electron chi connectivity index (χ4n) is 4.15. The van der Waals surface area contributed by atoms with E-state index in [4.69, 9.17) is 0 Å². The molecule has 1 saturated carbocycles. The van der Waals surface area contributed by atoms with Crippen molar-refractivity contribution in [3.8, 4) is 11.1 Å². The molecule has 3 heteroatoms. The van der Waals surface area contributed by atoms with Crippen molar-refractivity contribution >= 4 is 12.6 Å². The molecule has 2 nitrogen and oxygen atoms in total. The molecular weight excluding hydrogens is 247 g/mol. The van der Waals surface area contributed by atoms with Crippen LogP contribution in [0.25, 0.3) is 11.1 Å². The van der Waals surface area contributed by atoms with Crippen LogP contribution in [0.1, 0.15) is 36.8 Å². The van der Waals surface area contributed by atoms with Crippen molar-refractivity contribution in [1.82, 2.24) is 0 Å². The summed E-state index contributed by atoms with van der Waals surface area (Å²) in [6.45, 7) is 0. The summed E-state index contributed by atoms with van der Waals surface area (Å²) in [4.78, 5) is 0. The summed E-state index contributed by atoms with van der Waals surface area (Å²) in [6.07, 6.45) is 4.84. The van der Waals surface area contributed by atoms with Crippen LogP contribution in [0.2, 0.25) is 0 Å². The molecule has 0 amide bonds. The molecule has 2 aliphatic carbocycles. The predicted molar refractivity (Wildman–Crippen MR) is 81.0 cm³/mol. The average molecular weight is 264 g/mol. The van der Waals surface area contributed by atoms with E-state index in [0.717, 1.165) is 0 Å². The van der Waals surface area contributed by atoms with Crippen LogP contribution >= 0.6 is 0 Å². The van der Waals surface area contributed by atoms with Gasteiger partial charge >= 0.3 is 7.12 Å². The molecule has 1 fully saturated rings. The molecule has 100 valence electrons. The highest BCUT2D eigenvalue weighted by atomic mass is 16.4. The lowest BCUT2D eigenvalue weighted by Crippen LogP contribution is -2.31. The highest BCUT2D eigenvalue weighted by molar-refractivity contribution is 6.58. The first-order valence-corrected chi connectivity index (χ1v) is 7.33. The summed E-state index contributed by atoms with van der Waals surface area (Å²) in [5.41, 5.74) is 6.02. The van der Waals surface area contributed by atoms with Crippen molar-refractivity contribution in [3.05, 3.63) is 53.6 Å². The monoisotopic (exact) mass is 264 g/mol. The minimum absolute atomic E-state index is 0.108. The lowest BCUT2D eigenvalue weighted by Gasteiger charge is -2.26. The van der Waals surface area contributed by atoms with Crippen LogP contribution in [0.3, 0.4) is 0 Å². The van der Waals surface area contributed by atoms with Crippen molar-refractivity contribution < 1.29 is 10.0 Å². The molecule has 0 atom stereocenters. The largest absolute Gasteiger partial charge is 0.488 e. The molecule has 4 rings (SSSR count). The molecule has 2 aromatic carbocycles. The van der Waals surface area contributed by atoms with E-state index in [0.29, 0.717) is 5.46 Å². The van der Waals surface area contributed by atoms with Gasteiger partial charge in [-0.15, -0.1) is 0 Å². The Morgan fingerprint density at radius 2 is 1.55 bits per heavy atom. The number of hydrogen-bond donors (Lipinski definition) is 2. The number of fused-ring (bicyclic) bond motifs is 5. The van der Waals surface area contributed by atoms with Crippen molar-refractivity contribution in [3.63, 3.8) is 0 Å². The predicted octanol–water partition coefficient (Wildman–Crippen LogP) is 2.21. The highest BCUT2D eigenvalue weighted by Gasteiger charge is 2.44. The van der Waals surface area contributed by atoms with E-state index in [2.05, 4.69) is 30.3 Å². The highest BCUT2D eigenvalue weighted by Crippen LogP contribution is 2.56. The molecule has 2 N–H and O–H groups in total. The van der Waals surface area contributed by atoms with Crippen LogP contribution in [0.5, 0.6) is 0 Å². The molecular formula is C17H17BO2. The minimum Gasteiger partial charge on any atom is -0.423 e. The smallest absolute Gasteiger partial charge is 0.423 e. The third-order valence-corrected chi connectivity index (χ3v) is 5.05. The van der Waals surface area contributed by atoms with Gasteiger partial charge in [-0.1, -0.05) is 55.3 Å². The Balaban J connectivity index is 2.00. The lowest BCUT2D eigenvalue weighted by atomic mass is 9.73. The van der Waals surface area contributed by atoms with Crippen LogP contribution in [-0.4, -0.2) is 17.2 Å². The Bertz CT molecular complexity index is 672. The Hall–Kier alpha value is -1.58. The van der Waals surface area contributed by atoms with Gasteiger partial charge < -0.3 is 10.0 Å². The molecule has 0 aliphatic heterocycles. The zero-order chi connectivity index (χ0) is 13.7. The van der Waals surface area contributed by atoms with Gasteiger partial charge in [0.2, 0.25) is 0 Å². The van der Waals surface area contributed by atoms with Crippen LogP contribution in [0, 0.1) is 0 Å². The maximum Gasteiger partial charge on any atom is 0.488 e. The summed E-state index contributed by atoms with van der Waals surface area (Å²) >= 11 is 0. The normalized spacial score (nSPS) is 18.1. The summed E-state index contributed by atoms with van der Waals surface area (Å²) in [7, 11) is -1.39. The molecule has 0 saturated heterocycles. The molecule has 2 aromatic rings. The fourth-order valence-corrected chi connectivity index (χ4v) is 4.15. The maximum atomic E-state index is 9.46. The first-order chi connectivity index (χ1) is 9.72. The van der Waals surface area contributed by atoms with E-state index < -0.39 is 7.12 Å². The third kappa shape index (κ3) is 1.48. The molecule has 20 heavy (non-hydrogen) atoms. The van der Waals surface area contributed by atoms with Crippen LogP contribution < -0.4 is 5.46 Å². The van der Waals surface area contributed by atoms with Crippen LogP contribution in [0.4, 0.5) is 0 Å². The Morgan fingerprint density at radius 1 is 0.850 bits per heavy atom. The van der Waals surface area contributed by atoms with E-state index in [1.807, 2.05) is 12.1 Å². The van der Waals surface area contributed by atoms with E-state index in [1.54, 1.807) is 0 Å². The second kappa shape index (κ2) is 4.21. The third-order valence-electron chi connectivity index (χ3n) is 5.05. The quantitative estimate of drug-likeness (QED) is 0.775. The van der Waals surface area contributed by atoms with E-state index in [1.165, 1.54) is 47.9 Å². The number of benzene rings is 2.